The molecule has 0 amide bonds. The van der Waals surface area contributed by atoms with Crippen molar-refractivity contribution >= 4 is 29.9 Å². The minimum absolute atomic E-state index is 0. The van der Waals surface area contributed by atoms with Gasteiger partial charge in [-0.1, -0.05) is 25.0 Å². The molecule has 2 aliphatic heterocycles. The molecular weight excluding hydrogens is 518 g/mol. The number of ether oxygens (including phenoxy) is 1. The minimum Gasteiger partial charge on any atom is -0.377 e. The van der Waals surface area contributed by atoms with Crippen molar-refractivity contribution in [3.63, 3.8) is 0 Å². The Morgan fingerprint density at radius 3 is 2.53 bits per heavy atom. The molecule has 2 saturated carbocycles. The minimum atomic E-state index is -0.164. The Hall–Kier alpha value is -0.930. The average Bonchev–Trinajstić information content (AvgIpc) is 3.44. The monoisotopic (exact) mass is 556 g/mol. The summed E-state index contributed by atoms with van der Waals surface area (Å²) in [6.07, 6.45) is 9.15. The maximum absolute atomic E-state index is 13.1. The highest BCUT2D eigenvalue weighted by molar-refractivity contribution is 14.0. The summed E-state index contributed by atoms with van der Waals surface area (Å²) in [6.45, 7) is 6.84. The van der Waals surface area contributed by atoms with Gasteiger partial charge in [-0.25, -0.2) is 4.39 Å². The smallest absolute Gasteiger partial charge is 0.191 e. The molecule has 0 aromatic heterocycles. The molecule has 1 aromatic rings. The van der Waals surface area contributed by atoms with Crippen LogP contribution in [0.25, 0.3) is 0 Å². The molecule has 7 heteroatoms. The zero-order valence-electron chi connectivity index (χ0n) is 19.2. The van der Waals surface area contributed by atoms with Crippen LogP contribution in [0.2, 0.25) is 0 Å². The van der Waals surface area contributed by atoms with E-state index in [9.17, 15) is 4.39 Å². The second kappa shape index (κ2) is 10.6. The normalized spacial score (nSPS) is 29.9. The van der Waals surface area contributed by atoms with Crippen molar-refractivity contribution < 1.29 is 9.13 Å². The number of hydrogen-bond donors (Lipinski definition) is 2. The van der Waals surface area contributed by atoms with Gasteiger partial charge in [-0.2, -0.15) is 0 Å². The second-order valence-electron chi connectivity index (χ2n) is 9.95. The van der Waals surface area contributed by atoms with E-state index >= 15 is 0 Å². The van der Waals surface area contributed by atoms with Gasteiger partial charge in [0.25, 0.3) is 0 Å². The lowest BCUT2D eigenvalue weighted by Gasteiger charge is -2.57. The summed E-state index contributed by atoms with van der Waals surface area (Å²) < 4.78 is 19.3. The van der Waals surface area contributed by atoms with E-state index in [-0.39, 0.29) is 29.8 Å². The molecule has 2 heterocycles. The van der Waals surface area contributed by atoms with Crippen LogP contribution in [0.3, 0.4) is 0 Å². The fourth-order valence-corrected chi connectivity index (χ4v) is 6.62. The summed E-state index contributed by atoms with van der Waals surface area (Å²) in [5, 5.41) is 7.63. The molecule has 0 radical (unpaired) electrons. The van der Waals surface area contributed by atoms with Crippen molar-refractivity contribution in [3.8, 4) is 0 Å². The van der Waals surface area contributed by atoms with Crippen molar-refractivity contribution in [2.24, 2.45) is 16.3 Å². The van der Waals surface area contributed by atoms with Crippen LogP contribution in [0.15, 0.2) is 29.3 Å². The first-order valence-electron chi connectivity index (χ1n) is 12.3. The van der Waals surface area contributed by atoms with Crippen LogP contribution < -0.4 is 10.6 Å². The number of nitrogens with one attached hydrogen (secondary N) is 2. The summed E-state index contributed by atoms with van der Waals surface area (Å²) in [5.41, 5.74) is 1.53. The van der Waals surface area contributed by atoms with E-state index in [0.29, 0.717) is 29.5 Å². The zero-order valence-corrected chi connectivity index (χ0v) is 21.5. The average molecular weight is 557 g/mol. The number of benzene rings is 1. The summed E-state index contributed by atoms with van der Waals surface area (Å²) in [7, 11) is 0. The molecule has 3 unspecified atom stereocenters. The Morgan fingerprint density at radius 1 is 1.12 bits per heavy atom. The summed E-state index contributed by atoms with van der Waals surface area (Å²) >= 11 is 0. The Kier molecular flexibility index (Phi) is 7.98. The number of guanidine groups is 1. The van der Waals surface area contributed by atoms with Gasteiger partial charge in [0.05, 0.1) is 6.10 Å². The molecule has 32 heavy (non-hydrogen) atoms. The molecule has 4 fully saturated rings. The largest absolute Gasteiger partial charge is 0.377 e. The van der Waals surface area contributed by atoms with Gasteiger partial charge < -0.3 is 15.4 Å². The highest BCUT2D eigenvalue weighted by atomic mass is 127. The maximum atomic E-state index is 13.1. The molecule has 2 saturated heterocycles. The van der Waals surface area contributed by atoms with Crippen LogP contribution in [0.4, 0.5) is 4.39 Å². The van der Waals surface area contributed by atoms with Crippen LogP contribution in [-0.2, 0) is 11.3 Å². The van der Waals surface area contributed by atoms with Crippen molar-refractivity contribution in [2.45, 2.75) is 76.6 Å². The third-order valence-corrected chi connectivity index (χ3v) is 8.14. The lowest BCUT2D eigenvalue weighted by atomic mass is 9.54. The van der Waals surface area contributed by atoms with Crippen LogP contribution in [0.1, 0.15) is 57.4 Å². The third-order valence-electron chi connectivity index (χ3n) is 8.14. The molecule has 5 rings (SSSR count). The van der Waals surface area contributed by atoms with Gasteiger partial charge >= 0.3 is 0 Å². The molecule has 178 valence electrons. The van der Waals surface area contributed by atoms with Crippen LogP contribution in [-0.4, -0.2) is 55.3 Å². The maximum Gasteiger partial charge on any atom is 0.191 e. The first-order valence-corrected chi connectivity index (χ1v) is 12.3. The molecule has 3 atom stereocenters. The van der Waals surface area contributed by atoms with Crippen LogP contribution >= 0.6 is 24.0 Å². The van der Waals surface area contributed by atoms with Crippen molar-refractivity contribution in [1.29, 1.82) is 0 Å². The predicted molar refractivity (Wildman–Crippen MR) is 137 cm³/mol. The van der Waals surface area contributed by atoms with Gasteiger partial charge in [-0.15, -0.1) is 24.0 Å². The standard InChI is InChI=1S/C25H37FN4O.HI/c1-2-27-24(29-22-21-11-16-31-23(21)25(22)12-3-4-13-25)28-20-9-14-30(15-10-20)17-18-5-7-19(26)8-6-18;/h5-8,20-23H,2-4,9-17H2,1H3,(H2,27,28,29);1H. The first kappa shape index (κ1) is 24.2. The molecule has 4 aliphatic rings. The SMILES string of the molecule is CCN=C(NC1CCN(Cc2ccc(F)cc2)CC1)NC1C2CCOC2C12CCCC2.I. The van der Waals surface area contributed by atoms with Crippen molar-refractivity contribution in [3.05, 3.63) is 35.6 Å². The molecule has 2 N–H and O–H groups in total. The number of halogens is 2. The number of likely N-dealkylation sites (tertiary alicyclic amines) is 1. The molecule has 0 bridgehead atoms. The van der Waals surface area contributed by atoms with Gasteiger partial charge in [0.1, 0.15) is 5.82 Å². The Balaban J connectivity index is 0.00000245. The van der Waals surface area contributed by atoms with E-state index in [2.05, 4.69) is 22.5 Å². The number of rotatable bonds is 5. The molecule has 2 aliphatic carbocycles. The fourth-order valence-electron chi connectivity index (χ4n) is 6.62. The highest BCUT2D eigenvalue weighted by Gasteiger charge is 2.65. The van der Waals surface area contributed by atoms with Gasteiger partial charge in [-0.05, 0) is 56.7 Å². The Morgan fingerprint density at radius 2 is 1.84 bits per heavy atom. The van der Waals surface area contributed by atoms with Crippen LogP contribution in [0, 0.1) is 17.2 Å². The van der Waals surface area contributed by atoms with E-state index in [1.165, 1.54) is 37.7 Å². The Bertz CT molecular complexity index is 775. The third kappa shape index (κ3) is 4.80. The molecule has 1 aromatic carbocycles. The predicted octanol–water partition coefficient (Wildman–Crippen LogP) is 4.31. The number of aliphatic imine (C=N–C) groups is 1. The zero-order chi connectivity index (χ0) is 21.3. The van der Waals surface area contributed by atoms with E-state index in [4.69, 9.17) is 9.73 Å². The highest BCUT2D eigenvalue weighted by Crippen LogP contribution is 2.60. The van der Waals surface area contributed by atoms with Crippen molar-refractivity contribution in [2.75, 3.05) is 26.2 Å². The number of hydrogen-bond acceptors (Lipinski definition) is 3. The van der Waals surface area contributed by atoms with E-state index in [1.807, 2.05) is 12.1 Å². The molecular formula is C25H38FIN4O. The lowest BCUT2D eigenvalue weighted by Crippen LogP contribution is -2.69. The van der Waals surface area contributed by atoms with Crippen molar-refractivity contribution in [1.82, 2.24) is 15.5 Å². The Labute approximate surface area is 209 Å². The van der Waals surface area contributed by atoms with E-state index < -0.39 is 0 Å². The lowest BCUT2D eigenvalue weighted by molar-refractivity contribution is -0.125. The van der Waals surface area contributed by atoms with Gasteiger partial charge in [0.2, 0.25) is 0 Å². The molecule has 5 nitrogen and oxygen atoms in total. The number of fused-ring (bicyclic) bond motifs is 2. The summed E-state index contributed by atoms with van der Waals surface area (Å²) in [4.78, 5) is 7.28. The number of piperidine rings is 1. The van der Waals surface area contributed by atoms with Gasteiger partial charge in [0, 0.05) is 56.2 Å². The molecule has 1 spiro atoms. The van der Waals surface area contributed by atoms with Gasteiger partial charge in [0.15, 0.2) is 5.96 Å². The van der Waals surface area contributed by atoms with Gasteiger partial charge in [-0.3, -0.25) is 9.89 Å². The van der Waals surface area contributed by atoms with E-state index in [1.54, 1.807) is 12.1 Å². The topological polar surface area (TPSA) is 48.9 Å². The fraction of sp³-hybridized carbons (Fsp3) is 0.720. The quantitative estimate of drug-likeness (QED) is 0.323. The summed E-state index contributed by atoms with van der Waals surface area (Å²) in [6, 6.07) is 7.87. The van der Waals surface area contributed by atoms with Crippen LogP contribution in [0.5, 0.6) is 0 Å². The second-order valence-corrected chi connectivity index (χ2v) is 9.95. The van der Waals surface area contributed by atoms with E-state index in [0.717, 1.165) is 51.6 Å². The summed E-state index contributed by atoms with van der Waals surface area (Å²) in [5.74, 6) is 1.49. The number of nitrogens with zero attached hydrogens (tertiary/aromatic N) is 2. The first-order chi connectivity index (χ1) is 15.2.